The SMILES string of the molecule is Cc1cccc(C(=O)NCCC(=O)OCc2nc3ccccc3nc2C)c1. The molecule has 0 saturated carbocycles. The van der Waals surface area contributed by atoms with Crippen molar-refractivity contribution < 1.29 is 14.3 Å². The van der Waals surface area contributed by atoms with Crippen molar-refractivity contribution in [2.45, 2.75) is 26.9 Å². The summed E-state index contributed by atoms with van der Waals surface area (Å²) in [6, 6.07) is 14.8. The Morgan fingerprint density at radius 1 is 1.00 bits per heavy atom. The molecule has 0 saturated heterocycles. The smallest absolute Gasteiger partial charge is 0.307 e. The van der Waals surface area contributed by atoms with Gasteiger partial charge in [0.1, 0.15) is 6.61 Å². The summed E-state index contributed by atoms with van der Waals surface area (Å²) < 4.78 is 5.27. The third kappa shape index (κ3) is 4.88. The molecule has 1 N–H and O–H groups in total. The lowest BCUT2D eigenvalue weighted by atomic mass is 10.1. The summed E-state index contributed by atoms with van der Waals surface area (Å²) in [4.78, 5) is 32.9. The monoisotopic (exact) mass is 363 g/mol. The number of carbonyl (C=O) groups excluding carboxylic acids is 2. The van der Waals surface area contributed by atoms with Gasteiger partial charge in [0.15, 0.2) is 0 Å². The van der Waals surface area contributed by atoms with Gasteiger partial charge >= 0.3 is 5.97 Å². The molecule has 0 radical (unpaired) electrons. The molecule has 1 heterocycles. The molecule has 6 nitrogen and oxygen atoms in total. The Labute approximate surface area is 157 Å². The van der Waals surface area contributed by atoms with E-state index in [1.807, 2.05) is 50.2 Å². The fourth-order valence-electron chi connectivity index (χ4n) is 2.65. The number of rotatable bonds is 6. The van der Waals surface area contributed by atoms with E-state index in [1.165, 1.54) is 0 Å². The van der Waals surface area contributed by atoms with Crippen LogP contribution >= 0.6 is 0 Å². The highest BCUT2D eigenvalue weighted by molar-refractivity contribution is 5.94. The van der Waals surface area contributed by atoms with Crippen LogP contribution in [0.2, 0.25) is 0 Å². The van der Waals surface area contributed by atoms with Crippen molar-refractivity contribution in [2.24, 2.45) is 0 Å². The minimum atomic E-state index is -0.395. The Morgan fingerprint density at radius 3 is 2.48 bits per heavy atom. The van der Waals surface area contributed by atoms with Gasteiger partial charge in [-0.2, -0.15) is 0 Å². The zero-order valence-corrected chi connectivity index (χ0v) is 15.4. The molecule has 0 aliphatic heterocycles. The molecule has 138 valence electrons. The Kier molecular flexibility index (Phi) is 5.76. The Balaban J connectivity index is 1.48. The number of ether oxygens (including phenoxy) is 1. The molecule has 0 aliphatic carbocycles. The highest BCUT2D eigenvalue weighted by atomic mass is 16.5. The van der Waals surface area contributed by atoms with Crippen LogP contribution in [0.25, 0.3) is 11.0 Å². The number of amides is 1. The van der Waals surface area contributed by atoms with Gasteiger partial charge < -0.3 is 10.1 Å². The molecule has 0 atom stereocenters. The molecule has 0 unspecified atom stereocenters. The van der Waals surface area contributed by atoms with Crippen molar-refractivity contribution in [2.75, 3.05) is 6.54 Å². The predicted molar refractivity (Wildman–Crippen MR) is 102 cm³/mol. The number of para-hydroxylation sites is 2. The van der Waals surface area contributed by atoms with E-state index in [9.17, 15) is 9.59 Å². The minimum Gasteiger partial charge on any atom is -0.459 e. The van der Waals surface area contributed by atoms with Crippen LogP contribution in [0.15, 0.2) is 48.5 Å². The maximum Gasteiger partial charge on any atom is 0.307 e. The molecule has 27 heavy (non-hydrogen) atoms. The first-order valence-corrected chi connectivity index (χ1v) is 8.75. The number of aromatic nitrogens is 2. The lowest BCUT2D eigenvalue weighted by Crippen LogP contribution is -2.26. The molecule has 0 bridgehead atoms. The number of hydrogen-bond acceptors (Lipinski definition) is 5. The minimum absolute atomic E-state index is 0.0638. The fourth-order valence-corrected chi connectivity index (χ4v) is 2.65. The Bertz CT molecular complexity index is 985. The molecular formula is C21H21N3O3. The number of hydrogen-bond donors (Lipinski definition) is 1. The lowest BCUT2D eigenvalue weighted by Gasteiger charge is -2.09. The molecular weight excluding hydrogens is 342 g/mol. The van der Waals surface area contributed by atoms with Crippen molar-refractivity contribution >= 4 is 22.9 Å². The second kappa shape index (κ2) is 8.40. The van der Waals surface area contributed by atoms with Gasteiger partial charge in [-0.1, -0.05) is 29.8 Å². The highest BCUT2D eigenvalue weighted by Crippen LogP contribution is 2.13. The van der Waals surface area contributed by atoms with Gasteiger partial charge in [-0.3, -0.25) is 9.59 Å². The van der Waals surface area contributed by atoms with Crippen LogP contribution in [0.3, 0.4) is 0 Å². The third-order valence-corrected chi connectivity index (χ3v) is 4.11. The van der Waals surface area contributed by atoms with Crippen LogP contribution in [-0.2, 0) is 16.1 Å². The number of fused-ring (bicyclic) bond motifs is 1. The number of carbonyl (C=O) groups is 2. The number of nitrogens with zero attached hydrogens (tertiary/aromatic N) is 2. The summed E-state index contributed by atoms with van der Waals surface area (Å²) in [6.45, 7) is 4.04. The second-order valence-corrected chi connectivity index (χ2v) is 6.28. The van der Waals surface area contributed by atoms with Crippen LogP contribution in [0, 0.1) is 13.8 Å². The Hall–Kier alpha value is -3.28. The van der Waals surface area contributed by atoms with Gasteiger partial charge in [0, 0.05) is 12.1 Å². The molecule has 3 aromatic rings. The quantitative estimate of drug-likeness (QED) is 0.681. The van der Waals surface area contributed by atoms with Crippen LogP contribution < -0.4 is 5.32 Å². The first-order chi connectivity index (χ1) is 13.0. The molecule has 6 heteroatoms. The molecule has 1 aromatic heterocycles. The first kappa shape index (κ1) is 18.5. The van der Waals surface area contributed by atoms with Crippen LogP contribution in [0.5, 0.6) is 0 Å². The van der Waals surface area contributed by atoms with Gasteiger partial charge in [0.05, 0.1) is 28.8 Å². The molecule has 1 amide bonds. The summed E-state index contributed by atoms with van der Waals surface area (Å²) in [7, 11) is 0. The van der Waals surface area contributed by atoms with E-state index in [4.69, 9.17) is 4.74 Å². The van der Waals surface area contributed by atoms with Crippen molar-refractivity contribution in [1.82, 2.24) is 15.3 Å². The lowest BCUT2D eigenvalue weighted by molar-refractivity contribution is -0.144. The number of esters is 1. The second-order valence-electron chi connectivity index (χ2n) is 6.28. The maximum atomic E-state index is 12.0. The van der Waals surface area contributed by atoms with Crippen LogP contribution in [0.4, 0.5) is 0 Å². The van der Waals surface area contributed by atoms with Crippen molar-refractivity contribution in [3.05, 3.63) is 71.0 Å². The van der Waals surface area contributed by atoms with Gasteiger partial charge in [-0.25, -0.2) is 9.97 Å². The molecule has 0 fully saturated rings. The average molecular weight is 363 g/mol. The molecule has 0 aliphatic rings. The molecule has 2 aromatic carbocycles. The number of benzene rings is 2. The van der Waals surface area contributed by atoms with E-state index in [0.717, 1.165) is 22.3 Å². The van der Waals surface area contributed by atoms with Crippen LogP contribution in [0.1, 0.15) is 33.7 Å². The normalized spacial score (nSPS) is 10.6. The van der Waals surface area contributed by atoms with Gasteiger partial charge in [-0.15, -0.1) is 0 Å². The van der Waals surface area contributed by atoms with Crippen molar-refractivity contribution in [1.29, 1.82) is 0 Å². The van der Waals surface area contributed by atoms with E-state index in [-0.39, 0.29) is 25.5 Å². The van der Waals surface area contributed by atoms with Crippen molar-refractivity contribution in [3.63, 3.8) is 0 Å². The average Bonchev–Trinajstić information content (AvgIpc) is 2.66. The number of aryl methyl sites for hydroxylation is 2. The van der Waals surface area contributed by atoms with E-state index in [2.05, 4.69) is 15.3 Å². The first-order valence-electron chi connectivity index (χ1n) is 8.75. The molecule has 0 spiro atoms. The summed E-state index contributed by atoms with van der Waals surface area (Å²) in [6.07, 6.45) is 0.0949. The summed E-state index contributed by atoms with van der Waals surface area (Å²) in [5.41, 5.74) is 4.52. The predicted octanol–water partition coefficient (Wildman–Crippen LogP) is 3.11. The maximum absolute atomic E-state index is 12.0. The fraction of sp³-hybridized carbons (Fsp3) is 0.238. The third-order valence-electron chi connectivity index (χ3n) is 4.11. The zero-order chi connectivity index (χ0) is 19.2. The number of nitrogens with one attached hydrogen (secondary N) is 1. The summed E-state index contributed by atoms with van der Waals surface area (Å²) in [5.74, 6) is -0.600. The summed E-state index contributed by atoms with van der Waals surface area (Å²) >= 11 is 0. The molecule has 3 rings (SSSR count). The van der Waals surface area contributed by atoms with E-state index >= 15 is 0 Å². The van der Waals surface area contributed by atoms with Crippen LogP contribution in [-0.4, -0.2) is 28.4 Å². The van der Waals surface area contributed by atoms with Gasteiger partial charge in [-0.05, 0) is 38.1 Å². The van der Waals surface area contributed by atoms with Gasteiger partial charge in [0.2, 0.25) is 0 Å². The van der Waals surface area contributed by atoms with Crippen molar-refractivity contribution in [3.8, 4) is 0 Å². The summed E-state index contributed by atoms with van der Waals surface area (Å²) in [5, 5.41) is 2.72. The standard InChI is InChI=1S/C21H21N3O3/c1-14-6-5-7-16(12-14)21(26)22-11-10-20(25)27-13-19-15(2)23-17-8-3-4-9-18(17)24-19/h3-9,12H,10-11,13H2,1-2H3,(H,22,26). The van der Waals surface area contributed by atoms with E-state index in [0.29, 0.717) is 11.3 Å². The van der Waals surface area contributed by atoms with Gasteiger partial charge in [0.25, 0.3) is 5.91 Å². The topological polar surface area (TPSA) is 81.2 Å². The zero-order valence-electron chi connectivity index (χ0n) is 15.4. The van der Waals surface area contributed by atoms with E-state index < -0.39 is 5.97 Å². The van der Waals surface area contributed by atoms with E-state index in [1.54, 1.807) is 12.1 Å². The largest absolute Gasteiger partial charge is 0.459 e. The highest BCUT2D eigenvalue weighted by Gasteiger charge is 2.10. The Morgan fingerprint density at radius 2 is 1.74 bits per heavy atom.